The van der Waals surface area contributed by atoms with E-state index in [9.17, 15) is 0 Å². The van der Waals surface area contributed by atoms with Gasteiger partial charge in [-0.2, -0.15) is 10.3 Å². The molecule has 0 bridgehead atoms. The number of rotatable bonds is 7. The molecule has 3 aromatic carbocycles. The molecule has 0 spiro atoms. The van der Waals surface area contributed by atoms with Gasteiger partial charge in [-0.1, -0.05) is 91.3 Å². The van der Waals surface area contributed by atoms with Crippen molar-refractivity contribution in [2.75, 3.05) is 5.73 Å². The minimum Gasteiger partial charge on any atom is -0.384 e. The van der Waals surface area contributed by atoms with Crippen LogP contribution in [0.2, 0.25) is 0 Å². The van der Waals surface area contributed by atoms with Gasteiger partial charge in [-0.05, 0) is 65.5 Å². The van der Waals surface area contributed by atoms with Gasteiger partial charge in [0.25, 0.3) is 0 Å². The Bertz CT molecular complexity index is 1440. The summed E-state index contributed by atoms with van der Waals surface area (Å²) in [5.74, 6) is 1.77. The van der Waals surface area contributed by atoms with Crippen LogP contribution in [-0.2, 0) is 0 Å². The molecule has 6 rings (SSSR count). The molecule has 3 N–H and O–H groups in total. The number of hydrogen-bond donors (Lipinski definition) is 2. The lowest BCUT2D eigenvalue weighted by Gasteiger charge is -2.32. The van der Waals surface area contributed by atoms with Crippen LogP contribution in [0.25, 0.3) is 11.2 Å². The van der Waals surface area contributed by atoms with Crippen molar-refractivity contribution >= 4 is 17.0 Å². The van der Waals surface area contributed by atoms with E-state index in [-0.39, 0.29) is 5.92 Å². The molecule has 1 aliphatic carbocycles. The fraction of sp³-hybridized carbons (Fsp3) is 0.258. The quantitative estimate of drug-likeness (QED) is 0.268. The highest BCUT2D eigenvalue weighted by Gasteiger charge is 2.28. The Morgan fingerprint density at radius 2 is 1.56 bits per heavy atom. The highest BCUT2D eigenvalue weighted by atomic mass is 15.3. The number of aromatic nitrogens is 4. The molecule has 1 unspecified atom stereocenters. The third-order valence-electron chi connectivity index (χ3n) is 7.78. The van der Waals surface area contributed by atoms with Gasteiger partial charge in [-0.15, -0.1) is 5.10 Å². The standard InChI is InChI=1S/C31H31N5/c32-29-20-28(30-31(33-29)35-36-34-30)25(21-10-3-1-4-11-21)17-9-14-23-18-19-26(22-12-5-2-6-13-22)27-16-8-7-15-24(23)27/h1-8,10-13,15-16,20,23,25-26H,9,14,17-19H2,(H3,32,33,34,35,36)/t23-,25?,26+/m1/s1. The molecule has 0 saturated heterocycles. The number of H-pyrrole nitrogens is 1. The van der Waals surface area contributed by atoms with Crippen LogP contribution in [0.1, 0.15) is 77.7 Å². The SMILES string of the molecule is Nc1cc(C(CCC[C@@H]2CC[C@@H](c3ccccc3)c3ccccc32)c2ccccc2)c2n[nH]nc2n1. The average Bonchev–Trinajstić information content (AvgIpc) is 3.40. The predicted molar refractivity (Wildman–Crippen MR) is 145 cm³/mol. The topological polar surface area (TPSA) is 80.5 Å². The molecule has 0 aliphatic heterocycles. The number of aromatic amines is 1. The van der Waals surface area contributed by atoms with Crippen LogP contribution in [0, 0.1) is 0 Å². The van der Waals surface area contributed by atoms with E-state index in [4.69, 9.17) is 5.73 Å². The summed E-state index contributed by atoms with van der Waals surface area (Å²) in [7, 11) is 0. The Labute approximate surface area is 211 Å². The lowest BCUT2D eigenvalue weighted by Crippen LogP contribution is -2.16. The molecule has 2 heterocycles. The summed E-state index contributed by atoms with van der Waals surface area (Å²) in [4.78, 5) is 4.36. The fourth-order valence-corrected chi connectivity index (χ4v) is 6.11. The van der Waals surface area contributed by atoms with E-state index in [0.29, 0.717) is 23.3 Å². The van der Waals surface area contributed by atoms with Gasteiger partial charge < -0.3 is 5.73 Å². The number of fused-ring (bicyclic) bond motifs is 2. The second-order valence-corrected chi connectivity index (χ2v) is 9.89. The number of nitrogens with zero attached hydrogens (tertiary/aromatic N) is 3. The molecule has 5 nitrogen and oxygen atoms in total. The van der Waals surface area contributed by atoms with Gasteiger partial charge >= 0.3 is 0 Å². The van der Waals surface area contributed by atoms with Gasteiger partial charge in [0.05, 0.1) is 0 Å². The van der Waals surface area contributed by atoms with Gasteiger partial charge in [0.15, 0.2) is 0 Å². The molecule has 0 saturated carbocycles. The van der Waals surface area contributed by atoms with Crippen LogP contribution < -0.4 is 5.73 Å². The minimum absolute atomic E-state index is 0.194. The molecule has 5 heteroatoms. The summed E-state index contributed by atoms with van der Waals surface area (Å²) >= 11 is 0. The maximum absolute atomic E-state index is 6.17. The maximum Gasteiger partial charge on any atom is 0.203 e. The summed E-state index contributed by atoms with van der Waals surface area (Å²) in [6, 6.07) is 32.7. The van der Waals surface area contributed by atoms with Crippen molar-refractivity contribution in [2.45, 2.75) is 49.9 Å². The Morgan fingerprint density at radius 1 is 0.833 bits per heavy atom. The largest absolute Gasteiger partial charge is 0.384 e. The second-order valence-electron chi connectivity index (χ2n) is 9.89. The lowest BCUT2D eigenvalue weighted by molar-refractivity contribution is 0.466. The first kappa shape index (κ1) is 22.5. The van der Waals surface area contributed by atoms with Gasteiger partial charge in [0, 0.05) is 11.8 Å². The molecule has 0 radical (unpaired) electrons. The number of benzene rings is 3. The van der Waals surface area contributed by atoms with Crippen molar-refractivity contribution in [3.05, 3.63) is 119 Å². The highest BCUT2D eigenvalue weighted by Crippen LogP contribution is 2.44. The number of anilines is 1. The molecule has 3 atom stereocenters. The molecular formula is C31H31N5. The molecule has 0 amide bonds. The third-order valence-corrected chi connectivity index (χ3v) is 7.78. The molecular weight excluding hydrogens is 442 g/mol. The summed E-state index contributed by atoms with van der Waals surface area (Å²) in [6.45, 7) is 0. The second kappa shape index (κ2) is 9.94. The maximum atomic E-state index is 6.17. The van der Waals surface area contributed by atoms with Crippen molar-refractivity contribution in [3.8, 4) is 0 Å². The van der Waals surface area contributed by atoms with E-state index < -0.39 is 0 Å². The smallest absolute Gasteiger partial charge is 0.203 e. The zero-order valence-electron chi connectivity index (χ0n) is 20.3. The van der Waals surface area contributed by atoms with E-state index in [0.717, 1.165) is 23.9 Å². The first-order valence-electron chi connectivity index (χ1n) is 12.9. The lowest BCUT2D eigenvalue weighted by atomic mass is 9.72. The van der Waals surface area contributed by atoms with Crippen molar-refractivity contribution in [2.24, 2.45) is 0 Å². The Kier molecular flexibility index (Phi) is 6.20. The molecule has 0 fully saturated rings. The van der Waals surface area contributed by atoms with Crippen LogP contribution >= 0.6 is 0 Å². The Hall–Kier alpha value is -3.99. The predicted octanol–water partition coefficient (Wildman–Crippen LogP) is 6.95. The first-order valence-corrected chi connectivity index (χ1v) is 12.9. The monoisotopic (exact) mass is 473 g/mol. The zero-order valence-corrected chi connectivity index (χ0v) is 20.3. The number of nitrogens with two attached hydrogens (primary N) is 1. The van der Waals surface area contributed by atoms with Crippen LogP contribution in [0.5, 0.6) is 0 Å². The number of nitrogens with one attached hydrogen (secondary N) is 1. The number of hydrogen-bond acceptors (Lipinski definition) is 4. The highest BCUT2D eigenvalue weighted by molar-refractivity contribution is 5.77. The van der Waals surface area contributed by atoms with Crippen LogP contribution in [-0.4, -0.2) is 20.4 Å². The van der Waals surface area contributed by atoms with Gasteiger partial charge in [0.1, 0.15) is 11.3 Å². The molecule has 2 aromatic heterocycles. The van der Waals surface area contributed by atoms with Crippen molar-refractivity contribution in [3.63, 3.8) is 0 Å². The van der Waals surface area contributed by atoms with Crippen LogP contribution in [0.3, 0.4) is 0 Å². The van der Waals surface area contributed by atoms with Crippen molar-refractivity contribution in [1.29, 1.82) is 0 Å². The fourth-order valence-electron chi connectivity index (χ4n) is 6.11. The number of nitrogen functional groups attached to an aromatic ring is 1. The van der Waals surface area contributed by atoms with Crippen LogP contribution in [0.15, 0.2) is 91.0 Å². The molecule has 36 heavy (non-hydrogen) atoms. The van der Waals surface area contributed by atoms with E-state index in [2.05, 4.69) is 105 Å². The summed E-state index contributed by atoms with van der Waals surface area (Å²) in [5, 5.41) is 11.3. The molecule has 180 valence electrons. The van der Waals surface area contributed by atoms with Gasteiger partial charge in [-0.25, -0.2) is 4.98 Å². The van der Waals surface area contributed by atoms with Crippen LogP contribution in [0.4, 0.5) is 5.82 Å². The zero-order chi connectivity index (χ0) is 24.3. The Balaban J connectivity index is 1.25. The van der Waals surface area contributed by atoms with Crippen molar-refractivity contribution < 1.29 is 0 Å². The van der Waals surface area contributed by atoms with E-state index in [1.807, 2.05) is 6.07 Å². The summed E-state index contributed by atoms with van der Waals surface area (Å²) in [5.41, 5.74) is 14.4. The Morgan fingerprint density at radius 3 is 2.36 bits per heavy atom. The molecule has 5 aromatic rings. The minimum atomic E-state index is 0.194. The van der Waals surface area contributed by atoms with Gasteiger partial charge in [-0.3, -0.25) is 0 Å². The van der Waals surface area contributed by atoms with E-state index in [1.54, 1.807) is 0 Å². The summed E-state index contributed by atoms with van der Waals surface area (Å²) in [6.07, 6.45) is 5.74. The van der Waals surface area contributed by atoms with E-state index >= 15 is 0 Å². The number of pyridine rings is 1. The van der Waals surface area contributed by atoms with Gasteiger partial charge in [0.2, 0.25) is 5.65 Å². The average molecular weight is 474 g/mol. The molecule has 1 aliphatic rings. The summed E-state index contributed by atoms with van der Waals surface area (Å²) < 4.78 is 0. The first-order chi connectivity index (χ1) is 17.8. The van der Waals surface area contributed by atoms with Crippen molar-refractivity contribution in [1.82, 2.24) is 20.4 Å². The third kappa shape index (κ3) is 4.37. The normalized spacial score (nSPS) is 18.1. The van der Waals surface area contributed by atoms with E-state index in [1.165, 1.54) is 41.5 Å².